The third-order valence-corrected chi connectivity index (χ3v) is 3.84. The molecule has 2 aromatic carbocycles. The molecule has 0 fully saturated rings. The minimum atomic E-state index is -0.434. The smallest absolute Gasteiger partial charge is 0.193 e. The van der Waals surface area contributed by atoms with E-state index in [-0.39, 0.29) is 17.3 Å². The van der Waals surface area contributed by atoms with E-state index in [4.69, 9.17) is 0 Å². The van der Waals surface area contributed by atoms with Crippen LogP contribution in [0.3, 0.4) is 0 Å². The van der Waals surface area contributed by atoms with Gasteiger partial charge in [0.05, 0.1) is 0 Å². The van der Waals surface area contributed by atoms with Crippen molar-refractivity contribution in [3.63, 3.8) is 0 Å². The molecule has 0 saturated heterocycles. The summed E-state index contributed by atoms with van der Waals surface area (Å²) in [6, 6.07) is 9.62. The van der Waals surface area contributed by atoms with Crippen molar-refractivity contribution in [2.75, 3.05) is 0 Å². The second-order valence-electron chi connectivity index (χ2n) is 5.41. The molecule has 3 rings (SSSR count). The van der Waals surface area contributed by atoms with Gasteiger partial charge in [-0.1, -0.05) is 13.8 Å². The van der Waals surface area contributed by atoms with E-state index in [0.717, 1.165) is 11.1 Å². The molecule has 0 bridgehead atoms. The van der Waals surface area contributed by atoms with Crippen LogP contribution < -0.4 is 0 Å². The van der Waals surface area contributed by atoms with Crippen molar-refractivity contribution in [2.24, 2.45) is 0 Å². The lowest BCUT2D eigenvalue weighted by molar-refractivity contribution is 0.103. The summed E-state index contributed by atoms with van der Waals surface area (Å²) in [6.45, 7) is 3.96. The molecule has 19 heavy (non-hydrogen) atoms. The molecule has 0 radical (unpaired) electrons. The first-order chi connectivity index (χ1) is 8.91. The van der Waals surface area contributed by atoms with E-state index in [9.17, 15) is 15.0 Å². The maximum absolute atomic E-state index is 12.5. The molecule has 1 aliphatic rings. The molecule has 2 N–H and O–H groups in total. The Labute approximate surface area is 111 Å². The Kier molecular flexibility index (Phi) is 2.23. The van der Waals surface area contributed by atoms with Crippen LogP contribution in [0.25, 0.3) is 0 Å². The van der Waals surface area contributed by atoms with Crippen LogP contribution in [0.1, 0.15) is 40.9 Å². The predicted octanol–water partition coefficient (Wildman–Crippen LogP) is 2.97. The van der Waals surface area contributed by atoms with Crippen LogP contribution >= 0.6 is 0 Å². The number of carbonyl (C=O) groups excluding carboxylic acids is 1. The average Bonchev–Trinajstić information content (AvgIpc) is 2.36. The Morgan fingerprint density at radius 2 is 1.26 bits per heavy atom. The molecule has 0 saturated carbocycles. The number of aromatic hydroxyl groups is 2. The summed E-state index contributed by atoms with van der Waals surface area (Å²) in [5, 5.41) is 19.3. The van der Waals surface area contributed by atoms with Gasteiger partial charge in [-0.25, -0.2) is 0 Å². The second kappa shape index (κ2) is 3.60. The summed E-state index contributed by atoms with van der Waals surface area (Å²) in [4.78, 5) is 12.5. The first-order valence-electron chi connectivity index (χ1n) is 6.13. The number of carbonyl (C=O) groups is 1. The number of benzene rings is 2. The average molecular weight is 254 g/mol. The number of ketones is 1. The molecule has 0 aliphatic heterocycles. The summed E-state index contributed by atoms with van der Waals surface area (Å²) in [5.74, 6) is 0.218. The van der Waals surface area contributed by atoms with Gasteiger partial charge in [-0.2, -0.15) is 0 Å². The minimum absolute atomic E-state index is 0.0654. The lowest BCUT2D eigenvalue weighted by Crippen LogP contribution is -2.30. The topological polar surface area (TPSA) is 57.5 Å². The molecule has 2 aromatic rings. The monoisotopic (exact) mass is 254 g/mol. The van der Waals surface area contributed by atoms with Gasteiger partial charge in [-0.3, -0.25) is 4.79 Å². The van der Waals surface area contributed by atoms with E-state index in [1.807, 2.05) is 13.8 Å². The van der Waals surface area contributed by atoms with Crippen molar-refractivity contribution in [1.82, 2.24) is 0 Å². The summed E-state index contributed by atoms with van der Waals surface area (Å²) in [6.07, 6.45) is 0. The van der Waals surface area contributed by atoms with Gasteiger partial charge in [0.1, 0.15) is 11.5 Å². The van der Waals surface area contributed by atoms with Gasteiger partial charge >= 0.3 is 0 Å². The Balaban J connectivity index is 2.36. The van der Waals surface area contributed by atoms with E-state index in [1.54, 1.807) is 24.3 Å². The van der Waals surface area contributed by atoms with Gasteiger partial charge in [0.2, 0.25) is 0 Å². The van der Waals surface area contributed by atoms with Crippen LogP contribution in [0.2, 0.25) is 0 Å². The van der Waals surface area contributed by atoms with Crippen LogP contribution in [0.15, 0.2) is 36.4 Å². The largest absolute Gasteiger partial charge is 0.508 e. The lowest BCUT2D eigenvalue weighted by Gasteiger charge is -2.34. The quantitative estimate of drug-likeness (QED) is 0.760. The highest BCUT2D eigenvalue weighted by atomic mass is 16.3. The molecule has 1 aliphatic carbocycles. The van der Waals surface area contributed by atoms with Crippen molar-refractivity contribution < 1.29 is 15.0 Å². The third kappa shape index (κ3) is 1.55. The molecule has 0 atom stereocenters. The molecular weight excluding hydrogens is 240 g/mol. The summed E-state index contributed by atoms with van der Waals surface area (Å²) in [7, 11) is 0. The fraction of sp³-hybridized carbons (Fsp3) is 0.188. The first kappa shape index (κ1) is 11.8. The predicted molar refractivity (Wildman–Crippen MR) is 71.8 cm³/mol. The van der Waals surface area contributed by atoms with Crippen LogP contribution in [0.4, 0.5) is 0 Å². The molecular formula is C16H14O3. The zero-order valence-corrected chi connectivity index (χ0v) is 10.8. The van der Waals surface area contributed by atoms with E-state index in [2.05, 4.69) is 0 Å². The van der Waals surface area contributed by atoms with Gasteiger partial charge in [-0.15, -0.1) is 0 Å². The van der Waals surface area contributed by atoms with Crippen LogP contribution in [-0.4, -0.2) is 16.0 Å². The molecule has 3 heteroatoms. The molecule has 0 amide bonds. The van der Waals surface area contributed by atoms with Crippen molar-refractivity contribution in [3.05, 3.63) is 58.7 Å². The standard InChI is InChI=1S/C16H14O3/c1-16(2)13-7-9(17)3-5-11(13)15(19)12-6-4-10(18)8-14(12)16/h3-8,17-18H,1-2H3. The minimum Gasteiger partial charge on any atom is -0.508 e. The summed E-state index contributed by atoms with van der Waals surface area (Å²) in [5.41, 5.74) is 2.36. The summed E-state index contributed by atoms with van der Waals surface area (Å²) < 4.78 is 0. The van der Waals surface area contributed by atoms with Gasteiger partial charge in [0.25, 0.3) is 0 Å². The van der Waals surface area contributed by atoms with Gasteiger partial charge < -0.3 is 10.2 Å². The van der Waals surface area contributed by atoms with E-state index < -0.39 is 5.41 Å². The van der Waals surface area contributed by atoms with Crippen molar-refractivity contribution >= 4 is 5.78 Å². The highest BCUT2D eigenvalue weighted by molar-refractivity contribution is 6.13. The Morgan fingerprint density at radius 1 is 0.842 bits per heavy atom. The van der Waals surface area contributed by atoms with E-state index >= 15 is 0 Å². The van der Waals surface area contributed by atoms with E-state index in [1.165, 1.54) is 12.1 Å². The molecule has 0 unspecified atom stereocenters. The number of phenolic OH excluding ortho intramolecular Hbond substituents is 2. The van der Waals surface area contributed by atoms with E-state index in [0.29, 0.717) is 11.1 Å². The zero-order valence-electron chi connectivity index (χ0n) is 10.8. The van der Waals surface area contributed by atoms with Gasteiger partial charge in [0, 0.05) is 16.5 Å². The van der Waals surface area contributed by atoms with Crippen LogP contribution in [0, 0.1) is 0 Å². The Morgan fingerprint density at radius 3 is 1.68 bits per heavy atom. The lowest BCUT2D eigenvalue weighted by atomic mass is 9.68. The number of fused-ring (bicyclic) bond motifs is 2. The number of phenols is 2. The fourth-order valence-electron chi connectivity index (χ4n) is 2.78. The first-order valence-corrected chi connectivity index (χ1v) is 6.13. The maximum Gasteiger partial charge on any atom is 0.193 e. The van der Waals surface area contributed by atoms with Crippen molar-refractivity contribution in [3.8, 4) is 11.5 Å². The molecule has 0 aromatic heterocycles. The number of hydrogen-bond donors (Lipinski definition) is 2. The highest BCUT2D eigenvalue weighted by Crippen LogP contribution is 2.43. The van der Waals surface area contributed by atoms with Crippen LogP contribution in [-0.2, 0) is 5.41 Å². The highest BCUT2D eigenvalue weighted by Gasteiger charge is 2.37. The Hall–Kier alpha value is -2.29. The SMILES string of the molecule is CC1(C)c2cc(O)ccc2C(=O)c2ccc(O)cc21. The second-order valence-corrected chi connectivity index (χ2v) is 5.41. The van der Waals surface area contributed by atoms with Crippen molar-refractivity contribution in [1.29, 1.82) is 0 Å². The summed E-state index contributed by atoms with van der Waals surface area (Å²) >= 11 is 0. The van der Waals surface area contributed by atoms with Gasteiger partial charge in [0.15, 0.2) is 5.78 Å². The number of rotatable bonds is 0. The third-order valence-electron chi connectivity index (χ3n) is 3.84. The molecule has 96 valence electrons. The molecule has 3 nitrogen and oxygen atoms in total. The van der Waals surface area contributed by atoms with Crippen LogP contribution in [0.5, 0.6) is 11.5 Å². The maximum atomic E-state index is 12.5. The van der Waals surface area contributed by atoms with Crippen molar-refractivity contribution in [2.45, 2.75) is 19.3 Å². The van der Waals surface area contributed by atoms with Gasteiger partial charge in [-0.05, 0) is 47.5 Å². The Bertz CT molecular complexity index is 642. The fourth-order valence-corrected chi connectivity index (χ4v) is 2.78. The molecule has 0 spiro atoms. The zero-order chi connectivity index (χ0) is 13.8. The molecule has 0 heterocycles. The normalized spacial score (nSPS) is 15.8. The number of hydrogen-bond acceptors (Lipinski definition) is 3.